The largest absolute Gasteiger partial charge is 0.324 e. The van der Waals surface area contributed by atoms with Gasteiger partial charge in [-0.2, -0.15) is 17.4 Å². The first-order chi connectivity index (χ1) is 19.9. The molecule has 0 aliphatic carbocycles. The van der Waals surface area contributed by atoms with E-state index < -0.39 is 45.5 Å². The Labute approximate surface area is 244 Å². The maximum atomic E-state index is 15.0. The van der Waals surface area contributed by atoms with Crippen LogP contribution < -0.4 is 15.4 Å². The minimum Gasteiger partial charge on any atom is -0.324 e. The van der Waals surface area contributed by atoms with E-state index in [4.69, 9.17) is 0 Å². The number of hydrogen-bond acceptors (Lipinski definition) is 5. The van der Waals surface area contributed by atoms with Crippen molar-refractivity contribution in [1.82, 2.24) is 19.3 Å². The van der Waals surface area contributed by atoms with Gasteiger partial charge in [-0.1, -0.05) is 18.2 Å². The molecule has 12 heteroatoms. The van der Waals surface area contributed by atoms with Crippen molar-refractivity contribution in [3.63, 3.8) is 0 Å². The molecule has 8 nitrogen and oxygen atoms in total. The minimum atomic E-state index is -3.73. The van der Waals surface area contributed by atoms with Crippen LogP contribution in [-0.4, -0.2) is 55.3 Å². The van der Waals surface area contributed by atoms with Crippen molar-refractivity contribution in [2.75, 3.05) is 25.0 Å². The van der Waals surface area contributed by atoms with Gasteiger partial charge in [-0.05, 0) is 74.6 Å². The van der Waals surface area contributed by atoms with Gasteiger partial charge in [0.2, 0.25) is 5.91 Å². The first kappa shape index (κ1) is 31.6. The van der Waals surface area contributed by atoms with Gasteiger partial charge in [0, 0.05) is 49.6 Å². The van der Waals surface area contributed by atoms with Crippen LogP contribution in [0.2, 0.25) is 0 Å². The highest BCUT2D eigenvalue weighted by atomic mass is 32.2. The van der Waals surface area contributed by atoms with Gasteiger partial charge in [-0.15, -0.1) is 0 Å². The standard InChI is InChI=1S/C30H36F3N5O3S/c1-19(2)37-42(40,41)38-11-10-34-16-25(38)8-9-26-28(33)17-35-18-29(26)36-30(39)15-27(21-4-6-23(31)7-5-21)22-12-20(3)13-24(32)14-22/h4-7,12-14,17-19,25,27,34,37H,8-11,15-16H2,1-3H3,(H,36,39)/t25-,27-/m0/s1. The Morgan fingerprint density at radius 3 is 2.50 bits per heavy atom. The molecule has 3 aromatic rings. The Balaban J connectivity index is 1.53. The Morgan fingerprint density at radius 1 is 1.07 bits per heavy atom. The number of anilines is 1. The Hall–Kier alpha value is -3.32. The van der Waals surface area contributed by atoms with Gasteiger partial charge in [0.15, 0.2) is 0 Å². The van der Waals surface area contributed by atoms with E-state index >= 15 is 4.39 Å². The fraction of sp³-hybridized carbons (Fsp3) is 0.400. The van der Waals surface area contributed by atoms with Crippen LogP contribution in [0.15, 0.2) is 54.9 Å². The molecule has 0 spiro atoms. The molecule has 226 valence electrons. The van der Waals surface area contributed by atoms with E-state index in [1.807, 2.05) is 0 Å². The van der Waals surface area contributed by atoms with Crippen molar-refractivity contribution in [3.8, 4) is 0 Å². The monoisotopic (exact) mass is 603 g/mol. The molecular formula is C30H36F3N5O3S. The van der Waals surface area contributed by atoms with E-state index in [0.717, 1.165) is 6.20 Å². The molecule has 0 radical (unpaired) electrons. The summed E-state index contributed by atoms with van der Waals surface area (Å²) in [5.74, 6) is -2.57. The van der Waals surface area contributed by atoms with Crippen molar-refractivity contribution < 1.29 is 26.4 Å². The SMILES string of the molecule is Cc1cc(F)cc([C@@H](CC(=O)Nc2cncc(F)c2CC[C@H]2CNCCN2S(=O)(=O)NC(C)C)c2ccc(F)cc2)c1. The van der Waals surface area contributed by atoms with Gasteiger partial charge in [0.25, 0.3) is 10.2 Å². The van der Waals surface area contributed by atoms with E-state index in [-0.39, 0.29) is 36.7 Å². The van der Waals surface area contributed by atoms with Gasteiger partial charge >= 0.3 is 0 Å². The number of hydrogen-bond donors (Lipinski definition) is 3. The third-order valence-corrected chi connectivity index (χ3v) is 8.99. The average Bonchev–Trinajstić information content (AvgIpc) is 2.91. The molecule has 1 amide bonds. The molecule has 0 unspecified atom stereocenters. The number of halogens is 3. The zero-order chi connectivity index (χ0) is 30.4. The number of aryl methyl sites for hydroxylation is 1. The summed E-state index contributed by atoms with van der Waals surface area (Å²) in [5.41, 5.74) is 2.22. The summed E-state index contributed by atoms with van der Waals surface area (Å²) in [6, 6.07) is 9.45. The molecule has 0 saturated carbocycles. The second-order valence-electron chi connectivity index (χ2n) is 10.9. The highest BCUT2D eigenvalue weighted by Crippen LogP contribution is 2.31. The molecule has 2 aromatic carbocycles. The first-order valence-electron chi connectivity index (χ1n) is 13.9. The number of amides is 1. The van der Waals surface area contributed by atoms with E-state index in [9.17, 15) is 22.0 Å². The fourth-order valence-corrected chi connectivity index (χ4v) is 6.92. The molecule has 2 atom stereocenters. The number of benzene rings is 2. The molecule has 1 aliphatic heterocycles. The van der Waals surface area contributed by atoms with Crippen LogP contribution in [0.3, 0.4) is 0 Å². The van der Waals surface area contributed by atoms with Crippen LogP contribution in [0.4, 0.5) is 18.9 Å². The van der Waals surface area contributed by atoms with Crippen LogP contribution in [0.5, 0.6) is 0 Å². The zero-order valence-electron chi connectivity index (χ0n) is 23.8. The van der Waals surface area contributed by atoms with Crippen molar-refractivity contribution in [2.45, 2.75) is 58.0 Å². The fourth-order valence-electron chi connectivity index (χ4n) is 5.28. The topological polar surface area (TPSA) is 103 Å². The average molecular weight is 604 g/mol. The molecule has 1 aliphatic rings. The maximum absolute atomic E-state index is 15.0. The lowest BCUT2D eigenvalue weighted by Crippen LogP contribution is -2.57. The summed E-state index contributed by atoms with van der Waals surface area (Å²) >= 11 is 0. The Kier molecular flexibility index (Phi) is 10.4. The predicted molar refractivity (Wildman–Crippen MR) is 156 cm³/mol. The molecule has 3 N–H and O–H groups in total. The quantitative estimate of drug-likeness (QED) is 0.301. The Morgan fingerprint density at radius 2 is 1.81 bits per heavy atom. The summed E-state index contributed by atoms with van der Waals surface area (Å²) in [6.45, 7) is 6.41. The summed E-state index contributed by atoms with van der Waals surface area (Å²) < 4.78 is 72.8. The van der Waals surface area contributed by atoms with Gasteiger partial charge < -0.3 is 10.6 Å². The summed E-state index contributed by atoms with van der Waals surface area (Å²) in [6.07, 6.45) is 2.73. The first-order valence-corrected chi connectivity index (χ1v) is 15.3. The van der Waals surface area contributed by atoms with Crippen molar-refractivity contribution in [2.24, 2.45) is 0 Å². The van der Waals surface area contributed by atoms with Crippen LogP contribution in [0.1, 0.15) is 54.9 Å². The number of aromatic nitrogens is 1. The molecule has 1 fully saturated rings. The van der Waals surface area contributed by atoms with Crippen molar-refractivity contribution in [3.05, 3.63) is 94.6 Å². The van der Waals surface area contributed by atoms with E-state index in [0.29, 0.717) is 36.2 Å². The zero-order valence-corrected chi connectivity index (χ0v) is 24.6. The lowest BCUT2D eigenvalue weighted by atomic mass is 9.87. The van der Waals surface area contributed by atoms with Gasteiger partial charge in [0.05, 0.1) is 18.1 Å². The molecule has 1 aromatic heterocycles. The lowest BCUT2D eigenvalue weighted by Gasteiger charge is -2.35. The van der Waals surface area contributed by atoms with Crippen LogP contribution in [-0.2, 0) is 21.4 Å². The van der Waals surface area contributed by atoms with Crippen molar-refractivity contribution in [1.29, 1.82) is 0 Å². The maximum Gasteiger partial charge on any atom is 0.280 e. The second-order valence-corrected chi connectivity index (χ2v) is 12.5. The number of rotatable bonds is 11. The number of nitrogens with zero attached hydrogens (tertiary/aromatic N) is 2. The normalized spacial score (nSPS) is 16.9. The van der Waals surface area contributed by atoms with E-state index in [2.05, 4.69) is 20.3 Å². The van der Waals surface area contributed by atoms with Gasteiger partial charge in [0.1, 0.15) is 17.5 Å². The third-order valence-electron chi connectivity index (χ3n) is 7.12. The number of carbonyl (C=O) groups excluding carboxylic acids is 1. The van der Waals surface area contributed by atoms with Gasteiger partial charge in [-0.3, -0.25) is 9.78 Å². The lowest BCUT2D eigenvalue weighted by molar-refractivity contribution is -0.116. The van der Waals surface area contributed by atoms with Crippen LogP contribution >= 0.6 is 0 Å². The molecule has 2 heterocycles. The highest BCUT2D eigenvalue weighted by Gasteiger charge is 2.32. The molecule has 0 bridgehead atoms. The predicted octanol–water partition coefficient (Wildman–Crippen LogP) is 4.42. The smallest absolute Gasteiger partial charge is 0.280 e. The molecule has 42 heavy (non-hydrogen) atoms. The second kappa shape index (κ2) is 13.8. The van der Waals surface area contributed by atoms with Gasteiger partial charge in [-0.25, -0.2) is 13.2 Å². The van der Waals surface area contributed by atoms with Crippen LogP contribution in [0, 0.1) is 24.4 Å². The highest BCUT2D eigenvalue weighted by molar-refractivity contribution is 7.87. The molecular weight excluding hydrogens is 567 g/mol. The number of carbonyl (C=O) groups is 1. The Bertz CT molecular complexity index is 1480. The van der Waals surface area contributed by atoms with E-state index in [1.54, 1.807) is 39.0 Å². The summed E-state index contributed by atoms with van der Waals surface area (Å²) in [5, 5.41) is 5.94. The molecule has 4 rings (SSSR count). The number of nitrogens with one attached hydrogen (secondary N) is 3. The third kappa shape index (κ3) is 8.15. The van der Waals surface area contributed by atoms with E-state index in [1.165, 1.54) is 34.8 Å². The van der Waals surface area contributed by atoms with Crippen LogP contribution in [0.25, 0.3) is 0 Å². The van der Waals surface area contributed by atoms with Crippen molar-refractivity contribution >= 4 is 21.8 Å². The number of pyridine rings is 1. The minimum absolute atomic E-state index is 0.121. The molecule has 1 saturated heterocycles. The number of piperazine rings is 1. The summed E-state index contributed by atoms with van der Waals surface area (Å²) in [4.78, 5) is 17.2. The summed E-state index contributed by atoms with van der Waals surface area (Å²) in [7, 11) is -3.73.